The lowest BCUT2D eigenvalue weighted by molar-refractivity contribution is -0.139. The van der Waals surface area contributed by atoms with Crippen LogP contribution >= 0.6 is 0 Å². The molecule has 0 aliphatic heterocycles. The fourth-order valence-corrected chi connectivity index (χ4v) is 3.07. The molecule has 2 aromatic carbocycles. The summed E-state index contributed by atoms with van der Waals surface area (Å²) in [6.07, 6.45) is -0.0898. The van der Waals surface area contributed by atoms with Gasteiger partial charge in [0.1, 0.15) is 17.2 Å². The predicted octanol–water partition coefficient (Wildman–Crippen LogP) is 3.04. The molecule has 0 spiro atoms. The Morgan fingerprint density at radius 3 is 2.43 bits per heavy atom. The molecule has 8 nitrogen and oxygen atoms in total. The van der Waals surface area contributed by atoms with Crippen LogP contribution in [0.3, 0.4) is 0 Å². The van der Waals surface area contributed by atoms with Gasteiger partial charge in [-0.2, -0.15) is 0 Å². The number of hydrogen-bond acceptors (Lipinski definition) is 6. The second-order valence-corrected chi connectivity index (χ2v) is 6.43. The fraction of sp³-hybridized carbons (Fsp3) is 0.227. The molecule has 0 fully saturated rings. The summed E-state index contributed by atoms with van der Waals surface area (Å²) in [7, 11) is 4.40. The number of aromatic nitrogens is 2. The van der Waals surface area contributed by atoms with Gasteiger partial charge in [-0.15, -0.1) is 0 Å². The smallest absolute Gasteiger partial charge is 0.311 e. The molecule has 1 N–H and O–H groups in total. The molecule has 0 saturated carbocycles. The minimum atomic E-state index is -0.465. The number of aromatic amines is 1. The third-order valence-corrected chi connectivity index (χ3v) is 4.57. The Morgan fingerprint density at radius 1 is 1.07 bits per heavy atom. The highest BCUT2D eigenvalue weighted by Gasteiger charge is 2.20. The Hall–Kier alpha value is -3.81. The topological polar surface area (TPSA) is 94.9 Å². The van der Waals surface area contributed by atoms with Crippen molar-refractivity contribution in [3.8, 4) is 17.2 Å². The number of carbonyl (C=O) groups excluding carboxylic acids is 1. The van der Waals surface area contributed by atoms with Crippen LogP contribution in [0.1, 0.15) is 18.2 Å². The van der Waals surface area contributed by atoms with Crippen molar-refractivity contribution in [3.63, 3.8) is 0 Å². The molecule has 3 rings (SSSR count). The van der Waals surface area contributed by atoms with Crippen molar-refractivity contribution in [1.29, 1.82) is 0 Å². The van der Waals surface area contributed by atoms with E-state index in [2.05, 4.69) is 10.1 Å². The first-order valence-electron chi connectivity index (χ1n) is 9.22. The van der Waals surface area contributed by atoms with E-state index in [1.807, 2.05) is 18.2 Å². The molecule has 0 atom stereocenters. The van der Waals surface area contributed by atoms with Crippen molar-refractivity contribution in [2.45, 2.75) is 13.3 Å². The summed E-state index contributed by atoms with van der Waals surface area (Å²) in [6, 6.07) is 14.3. The van der Waals surface area contributed by atoms with E-state index < -0.39 is 5.97 Å². The van der Waals surface area contributed by atoms with Gasteiger partial charge >= 0.3 is 5.97 Å². The number of benzene rings is 2. The van der Waals surface area contributed by atoms with Crippen molar-refractivity contribution in [2.24, 2.45) is 4.99 Å². The summed E-state index contributed by atoms with van der Waals surface area (Å²) in [5.74, 6) is 0.664. The second-order valence-electron chi connectivity index (χ2n) is 6.43. The lowest BCUT2D eigenvalue weighted by Gasteiger charge is -2.08. The van der Waals surface area contributed by atoms with Gasteiger partial charge in [0.15, 0.2) is 0 Å². The largest absolute Gasteiger partial charge is 0.497 e. The van der Waals surface area contributed by atoms with Crippen LogP contribution in [0.15, 0.2) is 58.3 Å². The highest BCUT2D eigenvalue weighted by atomic mass is 16.5. The Labute approximate surface area is 173 Å². The average molecular weight is 409 g/mol. The molecular formula is C22H23N3O5. The number of esters is 1. The summed E-state index contributed by atoms with van der Waals surface area (Å²) in [5, 5.41) is 3.02. The lowest BCUT2D eigenvalue weighted by atomic mass is 10.1. The summed E-state index contributed by atoms with van der Waals surface area (Å²) in [6.45, 7) is 1.71. The van der Waals surface area contributed by atoms with E-state index >= 15 is 0 Å². The van der Waals surface area contributed by atoms with Crippen LogP contribution in [0.5, 0.6) is 11.5 Å². The summed E-state index contributed by atoms with van der Waals surface area (Å²) in [4.78, 5) is 29.7. The van der Waals surface area contributed by atoms with Gasteiger partial charge in [-0.3, -0.25) is 14.7 Å². The van der Waals surface area contributed by atoms with E-state index in [0.717, 1.165) is 0 Å². The van der Waals surface area contributed by atoms with Gasteiger partial charge in [0.2, 0.25) is 0 Å². The van der Waals surface area contributed by atoms with E-state index in [1.54, 1.807) is 44.4 Å². The van der Waals surface area contributed by atoms with E-state index in [9.17, 15) is 9.59 Å². The van der Waals surface area contributed by atoms with Crippen molar-refractivity contribution < 1.29 is 19.0 Å². The number of nitrogens with one attached hydrogen (secondary N) is 1. The first-order valence-corrected chi connectivity index (χ1v) is 9.22. The van der Waals surface area contributed by atoms with Crippen LogP contribution in [0.4, 0.5) is 5.69 Å². The molecule has 0 amide bonds. The monoisotopic (exact) mass is 409 g/mol. The number of H-pyrrole nitrogens is 1. The number of rotatable bonds is 7. The zero-order valence-electron chi connectivity index (χ0n) is 17.3. The first kappa shape index (κ1) is 20.9. The summed E-state index contributed by atoms with van der Waals surface area (Å²) >= 11 is 0. The standard InChI is InChI=1S/C22H23N3O5/c1-14(23-17-11-10-16(28-2)12-19(17)29-3)21-18(13-20(26)30-4)24-25(22(21)27)15-8-6-5-7-9-15/h5-12,24H,13H2,1-4H3. The molecule has 1 aromatic heterocycles. The van der Waals surface area contributed by atoms with Crippen LogP contribution in [0.2, 0.25) is 0 Å². The Morgan fingerprint density at radius 2 is 1.80 bits per heavy atom. The average Bonchev–Trinajstić information content (AvgIpc) is 3.10. The van der Waals surface area contributed by atoms with Crippen molar-refractivity contribution >= 4 is 17.4 Å². The summed E-state index contributed by atoms with van der Waals surface area (Å²) < 4.78 is 16.8. The van der Waals surface area contributed by atoms with Crippen molar-refractivity contribution in [1.82, 2.24) is 9.78 Å². The van der Waals surface area contributed by atoms with Crippen molar-refractivity contribution in [2.75, 3.05) is 21.3 Å². The Balaban J connectivity index is 2.14. The number of methoxy groups -OCH3 is 3. The highest BCUT2D eigenvalue weighted by Crippen LogP contribution is 2.32. The van der Waals surface area contributed by atoms with Gasteiger partial charge in [-0.1, -0.05) is 18.2 Å². The van der Waals surface area contributed by atoms with Gasteiger partial charge in [-0.25, -0.2) is 9.67 Å². The molecule has 0 unspecified atom stereocenters. The van der Waals surface area contributed by atoms with E-state index in [1.165, 1.54) is 18.9 Å². The number of aliphatic imine (C=N–C) groups is 1. The molecule has 0 saturated heterocycles. The molecule has 0 radical (unpaired) electrons. The molecule has 8 heteroatoms. The molecule has 30 heavy (non-hydrogen) atoms. The lowest BCUT2D eigenvalue weighted by Crippen LogP contribution is -2.20. The molecular weight excluding hydrogens is 386 g/mol. The predicted molar refractivity (Wildman–Crippen MR) is 114 cm³/mol. The van der Waals surface area contributed by atoms with Crippen LogP contribution in [0, 0.1) is 0 Å². The normalized spacial score (nSPS) is 11.3. The maximum atomic E-state index is 13.2. The van der Waals surface area contributed by atoms with Gasteiger partial charge < -0.3 is 14.2 Å². The fourth-order valence-electron chi connectivity index (χ4n) is 3.07. The van der Waals surface area contributed by atoms with E-state index in [-0.39, 0.29) is 12.0 Å². The maximum Gasteiger partial charge on any atom is 0.311 e. The second kappa shape index (κ2) is 9.13. The minimum absolute atomic E-state index is 0.0898. The number of ether oxygens (including phenoxy) is 3. The Bertz CT molecular complexity index is 1130. The van der Waals surface area contributed by atoms with Crippen LogP contribution in [0.25, 0.3) is 5.69 Å². The van der Waals surface area contributed by atoms with Gasteiger partial charge in [0, 0.05) is 6.07 Å². The highest BCUT2D eigenvalue weighted by molar-refractivity contribution is 6.02. The molecule has 0 aliphatic carbocycles. The molecule has 156 valence electrons. The SMILES string of the molecule is COC(=O)Cc1[nH]n(-c2ccccc2)c(=O)c1C(C)=Nc1ccc(OC)cc1OC. The quantitative estimate of drug-likeness (QED) is 0.478. The van der Waals surface area contributed by atoms with E-state index in [4.69, 9.17) is 14.2 Å². The first-order chi connectivity index (χ1) is 14.5. The van der Waals surface area contributed by atoms with Gasteiger partial charge in [-0.05, 0) is 31.2 Å². The number of para-hydroxylation sites is 1. The van der Waals surface area contributed by atoms with Gasteiger partial charge in [0.05, 0.1) is 50.4 Å². The van der Waals surface area contributed by atoms with Crippen LogP contribution in [-0.4, -0.2) is 42.8 Å². The molecule has 0 aliphatic rings. The number of nitrogens with zero attached hydrogens (tertiary/aromatic N) is 2. The molecule has 3 aromatic rings. The zero-order valence-corrected chi connectivity index (χ0v) is 17.3. The summed E-state index contributed by atoms with van der Waals surface area (Å²) in [5.41, 5.74) is 2.04. The Kier molecular flexibility index (Phi) is 6.36. The van der Waals surface area contributed by atoms with Crippen LogP contribution in [-0.2, 0) is 16.0 Å². The number of carbonyl (C=O) groups is 1. The third kappa shape index (κ3) is 4.27. The number of hydrogen-bond donors (Lipinski definition) is 1. The van der Waals surface area contributed by atoms with Crippen LogP contribution < -0.4 is 15.0 Å². The zero-order chi connectivity index (χ0) is 21.7. The molecule has 1 heterocycles. The van der Waals surface area contributed by atoms with Crippen molar-refractivity contribution in [3.05, 3.63) is 70.1 Å². The third-order valence-electron chi connectivity index (χ3n) is 4.57. The minimum Gasteiger partial charge on any atom is -0.497 e. The van der Waals surface area contributed by atoms with E-state index in [0.29, 0.717) is 39.8 Å². The maximum absolute atomic E-state index is 13.2. The molecule has 0 bridgehead atoms. The van der Waals surface area contributed by atoms with Gasteiger partial charge in [0.25, 0.3) is 5.56 Å².